The van der Waals surface area contributed by atoms with Crippen LogP contribution in [0, 0.1) is 0 Å². The SMILES string of the molecule is CC(=O)OC[C@H]1O[C@H](O)C(OC(C)=O)=C[C@H]1OC(C)=O. The molecule has 0 saturated carbocycles. The first-order valence-electron chi connectivity index (χ1n) is 5.84. The minimum Gasteiger partial charge on any atom is -0.463 e. The Morgan fingerprint density at radius 1 is 1.20 bits per heavy atom. The zero-order chi connectivity index (χ0) is 15.3. The van der Waals surface area contributed by atoms with E-state index in [1.54, 1.807) is 0 Å². The van der Waals surface area contributed by atoms with Gasteiger partial charge in [-0.25, -0.2) is 0 Å². The summed E-state index contributed by atoms with van der Waals surface area (Å²) in [4.78, 5) is 32.7. The van der Waals surface area contributed by atoms with Gasteiger partial charge in [0.2, 0.25) is 6.29 Å². The van der Waals surface area contributed by atoms with Crippen LogP contribution in [0.15, 0.2) is 11.8 Å². The van der Waals surface area contributed by atoms with Gasteiger partial charge in [0.25, 0.3) is 0 Å². The third-order valence-electron chi connectivity index (χ3n) is 2.26. The van der Waals surface area contributed by atoms with Crippen molar-refractivity contribution in [2.75, 3.05) is 6.61 Å². The average molecular weight is 288 g/mol. The largest absolute Gasteiger partial charge is 0.463 e. The number of ether oxygens (including phenoxy) is 4. The molecular formula is C12H16O8. The van der Waals surface area contributed by atoms with E-state index < -0.39 is 36.4 Å². The topological polar surface area (TPSA) is 108 Å². The first-order valence-corrected chi connectivity index (χ1v) is 5.84. The van der Waals surface area contributed by atoms with E-state index in [4.69, 9.17) is 18.9 Å². The highest BCUT2D eigenvalue weighted by atomic mass is 16.7. The predicted octanol–water partition coefficient (Wildman–Crippen LogP) is -0.355. The molecule has 1 N–H and O–H groups in total. The van der Waals surface area contributed by atoms with Gasteiger partial charge in [0, 0.05) is 26.8 Å². The van der Waals surface area contributed by atoms with Gasteiger partial charge in [-0.1, -0.05) is 0 Å². The summed E-state index contributed by atoms with van der Waals surface area (Å²) in [5, 5.41) is 9.66. The van der Waals surface area contributed by atoms with Crippen LogP contribution < -0.4 is 0 Å². The molecule has 0 fully saturated rings. The first-order chi connectivity index (χ1) is 9.29. The Balaban J connectivity index is 2.85. The molecule has 0 saturated heterocycles. The lowest BCUT2D eigenvalue weighted by Crippen LogP contribution is -2.43. The Morgan fingerprint density at radius 2 is 1.85 bits per heavy atom. The van der Waals surface area contributed by atoms with Crippen molar-refractivity contribution < 1.29 is 38.4 Å². The van der Waals surface area contributed by atoms with Gasteiger partial charge in [0.15, 0.2) is 11.9 Å². The summed E-state index contributed by atoms with van der Waals surface area (Å²) in [6, 6.07) is 0. The molecule has 0 radical (unpaired) electrons. The van der Waals surface area contributed by atoms with Crippen molar-refractivity contribution in [3.05, 3.63) is 11.8 Å². The second kappa shape index (κ2) is 7.01. The predicted molar refractivity (Wildman–Crippen MR) is 62.9 cm³/mol. The van der Waals surface area contributed by atoms with Crippen LogP contribution in [-0.4, -0.2) is 48.1 Å². The molecule has 1 heterocycles. The van der Waals surface area contributed by atoms with E-state index in [-0.39, 0.29) is 12.4 Å². The molecule has 8 nitrogen and oxygen atoms in total. The Bertz CT molecular complexity index is 427. The molecular weight excluding hydrogens is 272 g/mol. The summed E-state index contributed by atoms with van der Waals surface area (Å²) in [5.41, 5.74) is 0. The lowest BCUT2D eigenvalue weighted by molar-refractivity contribution is -0.199. The van der Waals surface area contributed by atoms with Crippen molar-refractivity contribution in [1.29, 1.82) is 0 Å². The van der Waals surface area contributed by atoms with E-state index in [1.807, 2.05) is 0 Å². The Hall–Kier alpha value is -1.93. The monoisotopic (exact) mass is 288 g/mol. The minimum atomic E-state index is -1.51. The molecule has 1 aliphatic heterocycles. The molecule has 0 bridgehead atoms. The van der Waals surface area contributed by atoms with Gasteiger partial charge in [0.05, 0.1) is 0 Å². The molecule has 0 aliphatic carbocycles. The second-order valence-electron chi connectivity index (χ2n) is 4.07. The molecule has 3 atom stereocenters. The highest BCUT2D eigenvalue weighted by molar-refractivity contribution is 5.68. The smallest absolute Gasteiger partial charge is 0.307 e. The summed E-state index contributed by atoms with van der Waals surface area (Å²) < 4.78 is 19.6. The Morgan fingerprint density at radius 3 is 2.35 bits per heavy atom. The van der Waals surface area contributed by atoms with Crippen LogP contribution in [0.3, 0.4) is 0 Å². The van der Waals surface area contributed by atoms with E-state index >= 15 is 0 Å². The van der Waals surface area contributed by atoms with Crippen LogP contribution in [0.25, 0.3) is 0 Å². The van der Waals surface area contributed by atoms with E-state index in [9.17, 15) is 19.5 Å². The van der Waals surface area contributed by atoms with Crippen LogP contribution in [0.2, 0.25) is 0 Å². The lowest BCUT2D eigenvalue weighted by Gasteiger charge is -2.31. The summed E-state index contributed by atoms with van der Waals surface area (Å²) >= 11 is 0. The summed E-state index contributed by atoms with van der Waals surface area (Å²) in [5.74, 6) is -1.97. The third-order valence-corrected chi connectivity index (χ3v) is 2.26. The van der Waals surface area contributed by atoms with Gasteiger partial charge in [-0.15, -0.1) is 0 Å². The Labute approximate surface area is 115 Å². The van der Waals surface area contributed by atoms with Gasteiger partial charge >= 0.3 is 17.9 Å². The first kappa shape index (κ1) is 16.1. The highest BCUT2D eigenvalue weighted by Gasteiger charge is 2.35. The van der Waals surface area contributed by atoms with Gasteiger partial charge in [-0.2, -0.15) is 0 Å². The maximum Gasteiger partial charge on any atom is 0.307 e. The molecule has 1 rings (SSSR count). The fourth-order valence-electron chi connectivity index (χ4n) is 1.55. The molecule has 0 aromatic carbocycles. The van der Waals surface area contributed by atoms with Crippen LogP contribution in [0.4, 0.5) is 0 Å². The molecule has 0 aromatic rings. The van der Waals surface area contributed by atoms with Gasteiger partial charge in [-0.05, 0) is 0 Å². The fraction of sp³-hybridized carbons (Fsp3) is 0.583. The summed E-state index contributed by atoms with van der Waals surface area (Å²) in [6.45, 7) is 3.33. The third kappa shape index (κ3) is 4.98. The molecule has 1 aliphatic rings. The Kier molecular flexibility index (Phi) is 5.66. The number of carbonyl (C=O) groups excluding carboxylic acids is 3. The summed E-state index contributed by atoms with van der Waals surface area (Å²) in [6.07, 6.45) is -2.10. The molecule has 0 unspecified atom stereocenters. The number of aliphatic hydroxyl groups excluding tert-OH is 1. The average Bonchev–Trinajstić information content (AvgIpc) is 2.29. The standard InChI is InChI=1S/C12H16O8/c1-6(13)17-5-11-9(18-7(2)14)4-10(12(16)20-11)19-8(3)15/h4,9,11-12,16H,5H2,1-3H3/t9-,11-,12+/m1/s1. The molecule has 112 valence electrons. The van der Waals surface area contributed by atoms with Crippen molar-refractivity contribution in [1.82, 2.24) is 0 Å². The van der Waals surface area contributed by atoms with Crippen molar-refractivity contribution in [2.45, 2.75) is 39.3 Å². The second-order valence-corrected chi connectivity index (χ2v) is 4.07. The van der Waals surface area contributed by atoms with Crippen molar-refractivity contribution in [3.8, 4) is 0 Å². The van der Waals surface area contributed by atoms with E-state index in [1.165, 1.54) is 19.9 Å². The number of aliphatic hydroxyl groups is 1. The number of rotatable bonds is 4. The molecule has 8 heteroatoms. The summed E-state index contributed by atoms with van der Waals surface area (Å²) in [7, 11) is 0. The molecule has 0 amide bonds. The highest BCUT2D eigenvalue weighted by Crippen LogP contribution is 2.22. The van der Waals surface area contributed by atoms with Crippen LogP contribution in [-0.2, 0) is 33.3 Å². The van der Waals surface area contributed by atoms with Crippen LogP contribution >= 0.6 is 0 Å². The number of hydrogen-bond acceptors (Lipinski definition) is 8. The quantitative estimate of drug-likeness (QED) is 0.552. The number of carbonyl (C=O) groups is 3. The van der Waals surface area contributed by atoms with E-state index in [2.05, 4.69) is 0 Å². The van der Waals surface area contributed by atoms with E-state index in [0.29, 0.717) is 0 Å². The van der Waals surface area contributed by atoms with Crippen molar-refractivity contribution in [3.63, 3.8) is 0 Å². The maximum absolute atomic E-state index is 11.0. The zero-order valence-corrected chi connectivity index (χ0v) is 11.3. The minimum absolute atomic E-state index is 0.178. The van der Waals surface area contributed by atoms with Gasteiger partial charge in [-0.3, -0.25) is 14.4 Å². The van der Waals surface area contributed by atoms with Gasteiger partial charge in [0.1, 0.15) is 12.7 Å². The van der Waals surface area contributed by atoms with Crippen LogP contribution in [0.5, 0.6) is 0 Å². The van der Waals surface area contributed by atoms with Crippen LogP contribution in [0.1, 0.15) is 20.8 Å². The van der Waals surface area contributed by atoms with Gasteiger partial charge < -0.3 is 24.1 Å². The molecule has 20 heavy (non-hydrogen) atoms. The molecule has 0 spiro atoms. The normalized spacial score (nSPS) is 25.4. The van der Waals surface area contributed by atoms with Crippen molar-refractivity contribution in [2.24, 2.45) is 0 Å². The molecule has 0 aromatic heterocycles. The fourth-order valence-corrected chi connectivity index (χ4v) is 1.55. The number of hydrogen-bond donors (Lipinski definition) is 1. The maximum atomic E-state index is 11.0. The zero-order valence-electron chi connectivity index (χ0n) is 11.3. The number of esters is 3. The van der Waals surface area contributed by atoms with Crippen molar-refractivity contribution >= 4 is 17.9 Å². The van der Waals surface area contributed by atoms with E-state index in [0.717, 1.165) is 6.92 Å². The lowest BCUT2D eigenvalue weighted by atomic mass is 10.1.